The van der Waals surface area contributed by atoms with E-state index in [1.54, 1.807) is 23.6 Å². The Bertz CT molecular complexity index is 1740. The predicted molar refractivity (Wildman–Crippen MR) is 190 cm³/mol. The van der Waals surface area contributed by atoms with Crippen LogP contribution < -0.4 is 0 Å². The van der Waals surface area contributed by atoms with Crippen LogP contribution in [0.15, 0.2) is 66.2 Å². The molecule has 1 aliphatic heterocycles. The van der Waals surface area contributed by atoms with E-state index in [4.69, 9.17) is 21.3 Å². The summed E-state index contributed by atoms with van der Waals surface area (Å²) in [4.78, 5) is 52.0. The highest BCUT2D eigenvalue weighted by molar-refractivity contribution is 9.10. The van der Waals surface area contributed by atoms with E-state index in [1.807, 2.05) is 61.7 Å². The van der Waals surface area contributed by atoms with E-state index in [-0.39, 0.29) is 11.9 Å². The van der Waals surface area contributed by atoms with Crippen LogP contribution in [0.5, 0.6) is 0 Å². The molecule has 3 aromatic heterocycles. The number of aryl methyl sites for hydroxylation is 4. The number of ether oxygens (including phenoxy) is 1. The minimum atomic E-state index is -0.804. The minimum Gasteiger partial charge on any atom is -0.444 e. The number of imidazole rings is 1. The smallest absolute Gasteiger partial charge is 0.411 e. The number of nitrogens with zero attached hydrogens (tertiary/aromatic N) is 8. The molecule has 11 nitrogen and oxygen atoms in total. The maximum atomic E-state index is 14.9. The van der Waals surface area contributed by atoms with Gasteiger partial charge in [-0.3, -0.25) is 19.6 Å². The zero-order valence-electron chi connectivity index (χ0n) is 28.4. The van der Waals surface area contributed by atoms with Crippen LogP contribution in [0.3, 0.4) is 0 Å². The van der Waals surface area contributed by atoms with Crippen molar-refractivity contribution in [3.63, 3.8) is 0 Å². The number of fused-ring (bicyclic) bond motifs is 2. The van der Waals surface area contributed by atoms with Crippen molar-refractivity contribution in [3.05, 3.63) is 105 Å². The first-order valence-corrected chi connectivity index (χ1v) is 17.8. The van der Waals surface area contributed by atoms with Crippen molar-refractivity contribution in [2.75, 3.05) is 26.2 Å². The Labute approximate surface area is 300 Å². The Morgan fingerprint density at radius 2 is 1.84 bits per heavy atom. The van der Waals surface area contributed by atoms with E-state index in [1.165, 1.54) is 6.33 Å². The summed E-state index contributed by atoms with van der Waals surface area (Å²) in [5.74, 6) is -0.157. The van der Waals surface area contributed by atoms with E-state index < -0.39 is 17.7 Å². The van der Waals surface area contributed by atoms with Gasteiger partial charge >= 0.3 is 6.09 Å². The number of hydrogen-bond donors (Lipinski definition) is 0. The molecule has 13 heteroatoms. The van der Waals surface area contributed by atoms with Gasteiger partial charge in [0.2, 0.25) is 5.91 Å². The van der Waals surface area contributed by atoms with Crippen LogP contribution in [0.1, 0.15) is 66.9 Å². The van der Waals surface area contributed by atoms with Gasteiger partial charge < -0.3 is 14.2 Å². The van der Waals surface area contributed by atoms with Gasteiger partial charge in [0.1, 0.15) is 18.0 Å². The summed E-state index contributed by atoms with van der Waals surface area (Å²) in [7, 11) is 0. The lowest BCUT2D eigenvalue weighted by atomic mass is 9.95. The van der Waals surface area contributed by atoms with Crippen LogP contribution in [-0.4, -0.2) is 89.0 Å². The van der Waals surface area contributed by atoms with Crippen LogP contribution in [0, 0.1) is 6.92 Å². The summed E-state index contributed by atoms with van der Waals surface area (Å²) in [6, 6.07) is 7.14. The highest BCUT2D eigenvalue weighted by Gasteiger charge is 2.43. The maximum Gasteiger partial charge on any atom is 0.411 e. The Balaban J connectivity index is 1.35. The Morgan fingerprint density at radius 1 is 1.06 bits per heavy atom. The third-order valence-corrected chi connectivity index (χ3v) is 9.55. The summed E-state index contributed by atoms with van der Waals surface area (Å²) in [6.07, 6.45) is 12.4. The van der Waals surface area contributed by atoms with Crippen molar-refractivity contribution >= 4 is 39.5 Å². The number of piperazine rings is 1. The minimum absolute atomic E-state index is 0.157. The second-order valence-electron chi connectivity index (χ2n) is 13.7. The second kappa shape index (κ2) is 14.9. The normalized spacial score (nSPS) is 18.0. The predicted octanol–water partition coefficient (Wildman–Crippen LogP) is 6.02. The highest BCUT2D eigenvalue weighted by Crippen LogP contribution is 2.39. The topological polar surface area (TPSA) is 110 Å². The summed E-state index contributed by atoms with van der Waals surface area (Å²) in [6.45, 7) is 10.1. The van der Waals surface area contributed by atoms with Crippen molar-refractivity contribution < 1.29 is 14.3 Å². The molecule has 0 spiro atoms. The SMILES string of the molecule is Cc1cn(CCCN(Cc2cncnc2)C(=O)[C@H]2CN(C3c4ccc(Cl)cc4CCc4cc(Br)cnc43)CCN2C(=O)OC(C)(C)C)cn1. The quantitative estimate of drug-likeness (QED) is 0.215. The van der Waals surface area contributed by atoms with E-state index in [9.17, 15) is 9.59 Å². The standard InChI is InChI=1S/C36H42BrClN8O3/c1-24-19-43(23-42-24)10-5-11-45(20-25-16-39-22-40-17-25)34(47)31-21-44(12-13-46(31)35(48)49-36(2,3)4)33-30-9-8-29(38)15-26(30)6-7-27-14-28(37)18-41-32(27)33/h8-9,14-19,22-23,31,33H,5-7,10-13,20-21H2,1-4H3/t31-,33?/m1/s1. The lowest BCUT2D eigenvalue weighted by molar-refractivity contribution is -0.140. The van der Waals surface area contributed by atoms with Crippen molar-refractivity contribution in [3.8, 4) is 0 Å². The van der Waals surface area contributed by atoms with Gasteiger partial charge in [-0.15, -0.1) is 0 Å². The molecule has 2 atom stereocenters. The molecule has 6 rings (SSSR count). The third-order valence-electron chi connectivity index (χ3n) is 8.89. The average molecular weight is 750 g/mol. The molecule has 258 valence electrons. The van der Waals surface area contributed by atoms with E-state index in [0.29, 0.717) is 50.7 Å². The molecule has 2 amide bonds. The number of rotatable bonds is 8. The van der Waals surface area contributed by atoms with E-state index >= 15 is 0 Å². The highest BCUT2D eigenvalue weighted by atomic mass is 79.9. The molecular formula is C36H42BrClN8O3. The molecule has 0 bridgehead atoms. The zero-order chi connectivity index (χ0) is 34.7. The lowest BCUT2D eigenvalue weighted by Gasteiger charge is -2.45. The van der Waals surface area contributed by atoms with Crippen molar-refractivity contribution in [2.24, 2.45) is 0 Å². The molecule has 0 saturated carbocycles. The molecule has 4 heterocycles. The summed E-state index contributed by atoms with van der Waals surface area (Å²) >= 11 is 10.1. The van der Waals surface area contributed by atoms with Gasteiger partial charge in [-0.25, -0.2) is 19.7 Å². The van der Waals surface area contributed by atoms with Gasteiger partial charge in [-0.2, -0.15) is 0 Å². The molecule has 0 N–H and O–H groups in total. The molecule has 1 saturated heterocycles. The first kappa shape index (κ1) is 35.0. The second-order valence-corrected chi connectivity index (χ2v) is 15.1. The summed E-state index contributed by atoms with van der Waals surface area (Å²) < 4.78 is 8.82. The van der Waals surface area contributed by atoms with Gasteiger partial charge in [0, 0.05) is 79.1 Å². The van der Waals surface area contributed by atoms with Crippen LogP contribution >= 0.6 is 27.5 Å². The molecular weight excluding hydrogens is 708 g/mol. The van der Waals surface area contributed by atoms with Crippen LogP contribution in [0.2, 0.25) is 5.02 Å². The summed E-state index contributed by atoms with van der Waals surface area (Å²) in [5, 5.41) is 0.687. The van der Waals surface area contributed by atoms with E-state index in [0.717, 1.165) is 51.0 Å². The van der Waals surface area contributed by atoms with Gasteiger partial charge in [0.25, 0.3) is 0 Å². The number of amides is 2. The Hall–Kier alpha value is -3.87. The van der Waals surface area contributed by atoms with Crippen LogP contribution in [0.4, 0.5) is 4.79 Å². The molecule has 1 aromatic carbocycles. The number of pyridine rings is 1. The number of benzene rings is 1. The molecule has 1 aliphatic carbocycles. The van der Waals surface area contributed by atoms with Crippen LogP contribution in [0.25, 0.3) is 0 Å². The third kappa shape index (κ3) is 8.48. The van der Waals surface area contributed by atoms with Gasteiger partial charge in [-0.05, 0) is 97.8 Å². The number of hydrogen-bond acceptors (Lipinski definition) is 8. The fraction of sp³-hybridized carbons (Fsp3) is 0.444. The zero-order valence-corrected chi connectivity index (χ0v) is 30.7. The van der Waals surface area contributed by atoms with Crippen molar-refractivity contribution in [1.82, 2.24) is 39.2 Å². The fourth-order valence-corrected chi connectivity index (χ4v) is 7.29. The lowest BCUT2D eigenvalue weighted by Crippen LogP contribution is -2.62. The first-order chi connectivity index (χ1) is 23.4. The van der Waals surface area contributed by atoms with Crippen molar-refractivity contribution in [2.45, 2.75) is 77.7 Å². The summed E-state index contributed by atoms with van der Waals surface area (Å²) in [5.41, 5.74) is 5.40. The average Bonchev–Trinajstić information content (AvgIpc) is 3.41. The van der Waals surface area contributed by atoms with E-state index in [2.05, 4.69) is 47.9 Å². The van der Waals surface area contributed by atoms with Gasteiger partial charge in [-0.1, -0.05) is 17.7 Å². The van der Waals surface area contributed by atoms with Gasteiger partial charge in [0.05, 0.1) is 23.8 Å². The molecule has 0 radical (unpaired) electrons. The number of halogens is 2. The molecule has 1 fully saturated rings. The fourth-order valence-electron chi connectivity index (χ4n) is 6.72. The number of carbonyl (C=O) groups is 2. The maximum absolute atomic E-state index is 14.9. The molecule has 1 unspecified atom stereocenters. The number of carbonyl (C=O) groups excluding carboxylic acids is 2. The molecule has 49 heavy (non-hydrogen) atoms. The van der Waals surface area contributed by atoms with Crippen molar-refractivity contribution in [1.29, 1.82) is 0 Å². The Morgan fingerprint density at radius 3 is 2.57 bits per heavy atom. The largest absolute Gasteiger partial charge is 0.444 e. The monoisotopic (exact) mass is 748 g/mol. The number of aromatic nitrogens is 5. The van der Waals surface area contributed by atoms with Gasteiger partial charge in [0.15, 0.2) is 0 Å². The molecule has 4 aromatic rings. The van der Waals surface area contributed by atoms with Crippen LogP contribution in [-0.2, 0) is 35.5 Å². The Kier molecular flexibility index (Phi) is 10.7. The molecule has 2 aliphatic rings. The first-order valence-electron chi connectivity index (χ1n) is 16.6.